The Morgan fingerprint density at radius 1 is 1.10 bits per heavy atom. The molecule has 0 atom stereocenters. The van der Waals surface area contributed by atoms with E-state index in [0.29, 0.717) is 35.5 Å². The predicted molar refractivity (Wildman–Crippen MR) is 41.5 cm³/mol. The Labute approximate surface area is 73.2 Å². The van der Waals surface area contributed by atoms with Crippen molar-refractivity contribution in [2.24, 2.45) is 0 Å². The van der Waals surface area contributed by atoms with Gasteiger partial charge in [0.2, 0.25) is 0 Å². The minimum atomic E-state index is 0.329. The third-order valence-corrected chi connectivity index (χ3v) is 6.84. The van der Waals surface area contributed by atoms with Crippen LogP contribution in [0.5, 0.6) is 0 Å². The van der Waals surface area contributed by atoms with Crippen molar-refractivity contribution in [3.05, 3.63) is 8.94 Å². The van der Waals surface area contributed by atoms with Gasteiger partial charge in [0, 0.05) is 0 Å². The number of nitriles is 2. The van der Waals surface area contributed by atoms with Gasteiger partial charge in [-0.1, -0.05) is 0 Å². The summed E-state index contributed by atoms with van der Waals surface area (Å²) in [5.41, 5.74) is 0.338. The summed E-state index contributed by atoms with van der Waals surface area (Å²) in [5.74, 6) is 4.06. The molecule has 0 spiro atoms. The molecule has 52 valence electrons. The quantitative estimate of drug-likeness (QED) is 0.545. The van der Waals surface area contributed by atoms with Crippen molar-refractivity contribution in [1.82, 2.24) is 0 Å². The number of hydrogen-bond acceptors (Lipinski definition) is 2. The topological polar surface area (TPSA) is 47.6 Å². The Kier molecular flexibility index (Phi) is 5.40. The molecule has 0 aromatic carbocycles. The molecule has 0 aliphatic heterocycles. The molecule has 0 saturated carbocycles. The molecule has 0 amide bonds. The fraction of sp³-hybridized carbons (Fsp3) is 0.333. The molecular weight excluding hydrogens is 258 g/mol. The Morgan fingerprint density at radius 2 is 1.50 bits per heavy atom. The molecule has 0 unspecified atom stereocenters. The maximum absolute atomic E-state index is 8.45. The second-order valence-corrected chi connectivity index (χ2v) is 6.03. The Hall–Kier alpha value is -0.241. The first kappa shape index (κ1) is 9.76. The van der Waals surface area contributed by atoms with Crippen LogP contribution in [0.25, 0.3) is 0 Å². The van der Waals surface area contributed by atoms with Gasteiger partial charge in [-0.05, 0) is 0 Å². The first-order chi connectivity index (χ1) is 4.79. The number of hydrogen-bond donors (Lipinski definition) is 0. The van der Waals surface area contributed by atoms with E-state index in [9.17, 15) is 0 Å². The van der Waals surface area contributed by atoms with Gasteiger partial charge in [-0.15, -0.1) is 0 Å². The van der Waals surface area contributed by atoms with Gasteiger partial charge in [-0.3, -0.25) is 0 Å². The Morgan fingerprint density at radius 3 is 1.60 bits per heavy atom. The molecule has 0 saturated heterocycles. The van der Waals surface area contributed by atoms with Gasteiger partial charge in [0.05, 0.1) is 0 Å². The standard InChI is InChI=1S/C6H6N2Se2/c1-9-6(10-2)5(3-7)4-8/h1-2H3. The molecule has 0 aliphatic carbocycles. The van der Waals surface area contributed by atoms with Crippen molar-refractivity contribution >= 4 is 29.9 Å². The van der Waals surface area contributed by atoms with E-state index in [1.54, 1.807) is 0 Å². The van der Waals surface area contributed by atoms with Gasteiger partial charge in [0.15, 0.2) is 0 Å². The third kappa shape index (κ3) is 2.56. The molecule has 0 radical (unpaired) electrons. The summed E-state index contributed by atoms with van der Waals surface area (Å²) in [6.45, 7) is 0. The molecule has 0 aromatic rings. The van der Waals surface area contributed by atoms with Crippen LogP contribution in [0.3, 0.4) is 0 Å². The third-order valence-electron chi connectivity index (χ3n) is 0.799. The normalized spacial score (nSPS) is 7.60. The van der Waals surface area contributed by atoms with Crippen LogP contribution in [0.1, 0.15) is 0 Å². The van der Waals surface area contributed by atoms with Crippen LogP contribution < -0.4 is 0 Å². The summed E-state index contributed by atoms with van der Waals surface area (Å²) in [6.07, 6.45) is 0. The molecule has 0 bridgehead atoms. The predicted octanol–water partition coefficient (Wildman–Crippen LogP) is 0.750. The number of rotatable bonds is 2. The number of allylic oxidation sites excluding steroid dienone is 1. The van der Waals surface area contributed by atoms with Crippen molar-refractivity contribution in [3.8, 4) is 12.1 Å². The molecule has 0 aliphatic rings. The molecule has 10 heavy (non-hydrogen) atoms. The Balaban J connectivity index is 4.62. The molecule has 2 nitrogen and oxygen atoms in total. The second kappa shape index (κ2) is 5.54. The first-order valence-electron chi connectivity index (χ1n) is 2.42. The van der Waals surface area contributed by atoms with Crippen LogP contribution in [-0.4, -0.2) is 29.9 Å². The summed E-state index contributed by atoms with van der Waals surface area (Å²) in [5, 5.41) is 16.9. The zero-order valence-corrected chi connectivity index (χ0v) is 9.14. The molecule has 0 rings (SSSR count). The van der Waals surface area contributed by atoms with Crippen LogP contribution >= 0.6 is 0 Å². The van der Waals surface area contributed by atoms with Crippen LogP contribution in [0.2, 0.25) is 11.6 Å². The fourth-order valence-corrected chi connectivity index (χ4v) is 3.81. The van der Waals surface area contributed by atoms with Crippen molar-refractivity contribution in [2.45, 2.75) is 11.6 Å². The zero-order chi connectivity index (χ0) is 7.98. The van der Waals surface area contributed by atoms with Crippen molar-refractivity contribution in [1.29, 1.82) is 10.5 Å². The van der Waals surface area contributed by atoms with E-state index >= 15 is 0 Å². The van der Waals surface area contributed by atoms with Crippen molar-refractivity contribution in [2.75, 3.05) is 0 Å². The van der Waals surface area contributed by atoms with Gasteiger partial charge in [-0.25, -0.2) is 0 Å². The van der Waals surface area contributed by atoms with Gasteiger partial charge in [0.1, 0.15) is 0 Å². The van der Waals surface area contributed by atoms with Crippen LogP contribution in [0.4, 0.5) is 0 Å². The monoisotopic (exact) mass is 266 g/mol. The van der Waals surface area contributed by atoms with Crippen molar-refractivity contribution < 1.29 is 0 Å². The van der Waals surface area contributed by atoms with Gasteiger partial charge in [0.25, 0.3) is 0 Å². The van der Waals surface area contributed by atoms with Gasteiger partial charge < -0.3 is 0 Å². The van der Waals surface area contributed by atoms with E-state index in [0.717, 1.165) is 3.37 Å². The van der Waals surface area contributed by atoms with E-state index in [-0.39, 0.29) is 0 Å². The van der Waals surface area contributed by atoms with E-state index in [4.69, 9.17) is 10.5 Å². The van der Waals surface area contributed by atoms with Gasteiger partial charge in [-0.2, -0.15) is 0 Å². The molecule has 0 heterocycles. The fourth-order valence-electron chi connectivity index (χ4n) is 0.404. The van der Waals surface area contributed by atoms with E-state index in [1.807, 2.05) is 23.8 Å². The first-order valence-corrected chi connectivity index (χ1v) is 7.56. The second-order valence-electron chi connectivity index (χ2n) is 1.29. The van der Waals surface area contributed by atoms with Crippen LogP contribution in [-0.2, 0) is 0 Å². The molecule has 0 fully saturated rings. The molecule has 4 heteroatoms. The van der Waals surface area contributed by atoms with E-state index in [1.165, 1.54) is 0 Å². The summed E-state index contributed by atoms with van der Waals surface area (Å²) in [7, 11) is 0. The van der Waals surface area contributed by atoms with Gasteiger partial charge >= 0.3 is 73.2 Å². The number of nitrogens with zero attached hydrogens (tertiary/aromatic N) is 2. The van der Waals surface area contributed by atoms with E-state index < -0.39 is 0 Å². The zero-order valence-electron chi connectivity index (χ0n) is 5.71. The molecular formula is C6H6N2Se2. The molecule has 0 aromatic heterocycles. The van der Waals surface area contributed by atoms with Crippen LogP contribution in [0, 0.1) is 22.7 Å². The SMILES string of the molecule is C[Se]C([Se]C)=C(C#N)C#N. The van der Waals surface area contributed by atoms with Crippen LogP contribution in [0.15, 0.2) is 8.94 Å². The Bertz CT molecular complexity index is 197. The average molecular weight is 264 g/mol. The van der Waals surface area contributed by atoms with Crippen molar-refractivity contribution in [3.63, 3.8) is 0 Å². The molecule has 0 N–H and O–H groups in total. The summed E-state index contributed by atoms with van der Waals surface area (Å²) < 4.78 is 1.07. The maximum atomic E-state index is 8.45. The van der Waals surface area contributed by atoms with E-state index in [2.05, 4.69) is 0 Å². The minimum absolute atomic E-state index is 0.329. The summed E-state index contributed by atoms with van der Waals surface area (Å²) in [6, 6.07) is 3.81. The summed E-state index contributed by atoms with van der Waals surface area (Å²) >= 11 is 0.658. The average Bonchev–Trinajstić information content (AvgIpc) is 2.00. The summed E-state index contributed by atoms with van der Waals surface area (Å²) in [4.78, 5) is 0.